The minimum atomic E-state index is -0.266. The van der Waals surface area contributed by atoms with Crippen molar-refractivity contribution in [2.45, 2.75) is 24.8 Å². The van der Waals surface area contributed by atoms with Crippen LogP contribution in [0.3, 0.4) is 0 Å². The van der Waals surface area contributed by atoms with Crippen molar-refractivity contribution in [2.24, 2.45) is 0 Å². The molecule has 0 radical (unpaired) electrons. The average Bonchev–Trinajstić information content (AvgIpc) is 2.16. The van der Waals surface area contributed by atoms with E-state index < -0.39 is 0 Å². The first kappa shape index (κ1) is 11.2. The molecule has 0 aliphatic carbocycles. The van der Waals surface area contributed by atoms with Gasteiger partial charge in [-0.3, -0.25) is 5.32 Å². The van der Waals surface area contributed by atoms with Gasteiger partial charge in [0.2, 0.25) is 0 Å². The van der Waals surface area contributed by atoms with Crippen molar-refractivity contribution in [2.75, 3.05) is 5.75 Å². The SMILES string of the molecule is CC1CCSC(c2cc(F)cc(Cl)c2)N1. The smallest absolute Gasteiger partial charge is 0.125 e. The summed E-state index contributed by atoms with van der Waals surface area (Å²) < 4.78 is 13.2. The molecule has 2 rings (SSSR count). The van der Waals surface area contributed by atoms with Crippen LogP contribution in [-0.4, -0.2) is 11.8 Å². The van der Waals surface area contributed by atoms with Crippen LogP contribution in [-0.2, 0) is 0 Å². The second-order valence-corrected chi connectivity index (χ2v) is 5.46. The summed E-state index contributed by atoms with van der Waals surface area (Å²) in [4.78, 5) is 0. The van der Waals surface area contributed by atoms with Crippen LogP contribution in [0.15, 0.2) is 18.2 Å². The van der Waals surface area contributed by atoms with Crippen LogP contribution in [0.25, 0.3) is 0 Å². The second kappa shape index (κ2) is 4.73. The number of hydrogen-bond acceptors (Lipinski definition) is 2. The van der Waals surface area contributed by atoms with E-state index in [9.17, 15) is 4.39 Å². The van der Waals surface area contributed by atoms with E-state index in [1.807, 2.05) is 6.07 Å². The van der Waals surface area contributed by atoms with E-state index in [4.69, 9.17) is 11.6 Å². The van der Waals surface area contributed by atoms with Gasteiger partial charge >= 0.3 is 0 Å². The van der Waals surface area contributed by atoms with Gasteiger partial charge in [0, 0.05) is 11.1 Å². The first-order chi connectivity index (χ1) is 7.15. The first-order valence-electron chi connectivity index (χ1n) is 4.99. The molecule has 0 aromatic heterocycles. The quantitative estimate of drug-likeness (QED) is 0.812. The highest BCUT2D eigenvalue weighted by Gasteiger charge is 2.20. The minimum Gasteiger partial charge on any atom is -0.299 e. The maximum absolute atomic E-state index is 13.2. The standard InChI is InChI=1S/C11H13ClFNS/c1-7-2-3-15-11(14-7)8-4-9(12)6-10(13)5-8/h4-7,11,14H,2-3H2,1H3. The Hall–Kier alpha value is -0.250. The lowest BCUT2D eigenvalue weighted by molar-refractivity contribution is 0.510. The van der Waals surface area contributed by atoms with Crippen LogP contribution in [0.5, 0.6) is 0 Å². The van der Waals surface area contributed by atoms with Crippen molar-refractivity contribution in [1.29, 1.82) is 0 Å². The van der Waals surface area contributed by atoms with Gasteiger partial charge < -0.3 is 0 Å². The number of thioether (sulfide) groups is 1. The Labute approximate surface area is 98.4 Å². The Morgan fingerprint density at radius 2 is 2.27 bits per heavy atom. The van der Waals surface area contributed by atoms with Crippen LogP contribution in [0.2, 0.25) is 5.02 Å². The number of rotatable bonds is 1. The maximum atomic E-state index is 13.2. The molecule has 1 aliphatic rings. The fourth-order valence-electron chi connectivity index (χ4n) is 1.67. The molecule has 2 atom stereocenters. The molecule has 0 saturated carbocycles. The van der Waals surface area contributed by atoms with E-state index in [0.717, 1.165) is 17.7 Å². The molecule has 0 bridgehead atoms. The Morgan fingerprint density at radius 1 is 1.47 bits per heavy atom. The van der Waals surface area contributed by atoms with E-state index in [2.05, 4.69) is 12.2 Å². The Morgan fingerprint density at radius 3 is 2.93 bits per heavy atom. The molecule has 1 saturated heterocycles. The molecule has 1 fully saturated rings. The molecule has 2 unspecified atom stereocenters. The van der Waals surface area contributed by atoms with Crippen molar-refractivity contribution in [3.63, 3.8) is 0 Å². The molecule has 4 heteroatoms. The van der Waals surface area contributed by atoms with E-state index in [-0.39, 0.29) is 11.2 Å². The highest BCUT2D eigenvalue weighted by Crippen LogP contribution is 2.33. The summed E-state index contributed by atoms with van der Waals surface area (Å²) in [7, 11) is 0. The third kappa shape index (κ3) is 2.86. The van der Waals surface area contributed by atoms with Gasteiger partial charge in [-0.15, -0.1) is 11.8 Å². The van der Waals surface area contributed by atoms with Gasteiger partial charge in [0.15, 0.2) is 0 Å². The van der Waals surface area contributed by atoms with E-state index in [0.29, 0.717) is 11.1 Å². The van der Waals surface area contributed by atoms with Crippen LogP contribution >= 0.6 is 23.4 Å². The average molecular weight is 246 g/mol. The van der Waals surface area contributed by atoms with Crippen molar-refractivity contribution in [1.82, 2.24) is 5.32 Å². The Kier molecular flexibility index (Phi) is 3.54. The van der Waals surface area contributed by atoms with Crippen LogP contribution in [0, 0.1) is 5.82 Å². The predicted octanol–water partition coefficient (Wildman–Crippen LogP) is 3.59. The zero-order chi connectivity index (χ0) is 10.8. The van der Waals surface area contributed by atoms with Gasteiger partial charge in [-0.05, 0) is 42.9 Å². The maximum Gasteiger partial charge on any atom is 0.125 e. The second-order valence-electron chi connectivity index (χ2n) is 3.81. The zero-order valence-corrected chi connectivity index (χ0v) is 10.0. The summed E-state index contributed by atoms with van der Waals surface area (Å²) in [6, 6.07) is 5.20. The number of hydrogen-bond donors (Lipinski definition) is 1. The molecule has 0 amide bonds. The van der Waals surface area contributed by atoms with Crippen molar-refractivity contribution in [3.05, 3.63) is 34.6 Å². The van der Waals surface area contributed by atoms with Crippen molar-refractivity contribution >= 4 is 23.4 Å². The molecule has 1 nitrogen and oxygen atoms in total. The van der Waals surface area contributed by atoms with Gasteiger partial charge in [0.25, 0.3) is 0 Å². The lowest BCUT2D eigenvalue weighted by atomic mass is 10.2. The molecule has 1 aromatic carbocycles. The molecule has 1 aliphatic heterocycles. The van der Waals surface area contributed by atoms with Gasteiger partial charge in [-0.2, -0.15) is 0 Å². The minimum absolute atomic E-state index is 0.168. The molecule has 1 heterocycles. The monoisotopic (exact) mass is 245 g/mol. The highest BCUT2D eigenvalue weighted by atomic mass is 35.5. The van der Waals surface area contributed by atoms with Crippen LogP contribution < -0.4 is 5.32 Å². The molecule has 0 spiro atoms. The van der Waals surface area contributed by atoms with Gasteiger partial charge in [0.1, 0.15) is 5.82 Å². The topological polar surface area (TPSA) is 12.0 Å². The van der Waals surface area contributed by atoms with Crippen LogP contribution in [0.1, 0.15) is 24.3 Å². The van der Waals surface area contributed by atoms with Gasteiger partial charge in [0.05, 0.1) is 5.37 Å². The lowest BCUT2D eigenvalue weighted by Gasteiger charge is -2.28. The Balaban J connectivity index is 2.20. The van der Waals surface area contributed by atoms with E-state index >= 15 is 0 Å². The molecule has 1 aromatic rings. The predicted molar refractivity (Wildman–Crippen MR) is 63.8 cm³/mol. The van der Waals surface area contributed by atoms with E-state index in [1.165, 1.54) is 6.07 Å². The van der Waals surface area contributed by atoms with Gasteiger partial charge in [-0.1, -0.05) is 11.6 Å². The van der Waals surface area contributed by atoms with Gasteiger partial charge in [-0.25, -0.2) is 4.39 Å². The molecule has 1 N–H and O–H groups in total. The van der Waals surface area contributed by atoms with Crippen LogP contribution in [0.4, 0.5) is 4.39 Å². The Bertz CT molecular complexity index is 338. The third-order valence-corrected chi connectivity index (χ3v) is 3.89. The summed E-state index contributed by atoms with van der Waals surface area (Å²) in [5, 5.41) is 4.06. The largest absolute Gasteiger partial charge is 0.299 e. The zero-order valence-electron chi connectivity index (χ0n) is 8.47. The highest BCUT2D eigenvalue weighted by molar-refractivity contribution is 7.99. The third-order valence-electron chi connectivity index (χ3n) is 2.46. The summed E-state index contributed by atoms with van der Waals surface area (Å²) in [6.45, 7) is 2.15. The number of halogens is 2. The van der Waals surface area contributed by atoms with E-state index in [1.54, 1.807) is 17.8 Å². The summed E-state index contributed by atoms with van der Waals surface area (Å²) >= 11 is 7.63. The number of benzene rings is 1. The number of nitrogens with one attached hydrogen (secondary N) is 1. The first-order valence-corrected chi connectivity index (χ1v) is 6.41. The molecular formula is C11H13ClFNS. The summed E-state index contributed by atoms with van der Waals surface area (Å²) in [6.07, 6.45) is 1.16. The molecule has 15 heavy (non-hydrogen) atoms. The fraction of sp³-hybridized carbons (Fsp3) is 0.455. The molecular weight excluding hydrogens is 233 g/mol. The summed E-state index contributed by atoms with van der Waals surface area (Å²) in [5.74, 6) is 0.839. The van der Waals surface area contributed by atoms with Crippen molar-refractivity contribution < 1.29 is 4.39 Å². The lowest BCUT2D eigenvalue weighted by Crippen LogP contribution is -2.33. The normalized spacial score (nSPS) is 26.6. The summed E-state index contributed by atoms with van der Waals surface area (Å²) in [5.41, 5.74) is 0.927. The molecule has 82 valence electrons. The van der Waals surface area contributed by atoms with Crippen molar-refractivity contribution in [3.8, 4) is 0 Å². The fourth-order valence-corrected chi connectivity index (χ4v) is 3.28.